The number of amides is 1. The van der Waals surface area contributed by atoms with Crippen molar-refractivity contribution in [2.75, 3.05) is 0 Å². The molecule has 1 heterocycles. The third-order valence-electron chi connectivity index (χ3n) is 5.30. The Morgan fingerprint density at radius 1 is 1.29 bits per heavy atom. The maximum absolute atomic E-state index is 12.9. The second-order valence-electron chi connectivity index (χ2n) is 6.97. The van der Waals surface area contributed by atoms with Crippen molar-refractivity contribution in [3.8, 4) is 0 Å². The SMILES string of the molecule is C[C@@H](CCc1cccn1C)NC(=O)C1(c2ccc(Cl)cc2)CCC1. The van der Waals surface area contributed by atoms with Gasteiger partial charge in [0.05, 0.1) is 5.41 Å². The lowest BCUT2D eigenvalue weighted by Crippen LogP contribution is -2.51. The number of halogens is 1. The van der Waals surface area contributed by atoms with Crippen molar-refractivity contribution in [2.45, 2.75) is 50.5 Å². The normalized spacial score (nSPS) is 17.1. The molecule has 1 amide bonds. The number of carbonyl (C=O) groups excluding carboxylic acids is 1. The third kappa shape index (κ3) is 3.36. The Morgan fingerprint density at radius 2 is 2.00 bits per heavy atom. The van der Waals surface area contributed by atoms with Crippen LogP contribution in [0.4, 0.5) is 0 Å². The average Bonchev–Trinajstić information content (AvgIpc) is 2.91. The summed E-state index contributed by atoms with van der Waals surface area (Å²) in [4.78, 5) is 12.9. The van der Waals surface area contributed by atoms with E-state index >= 15 is 0 Å². The molecule has 1 atom stereocenters. The maximum Gasteiger partial charge on any atom is 0.230 e. The van der Waals surface area contributed by atoms with Gasteiger partial charge in [-0.05, 0) is 62.4 Å². The Kier molecular flexibility index (Phi) is 5.00. The second-order valence-corrected chi connectivity index (χ2v) is 7.40. The van der Waals surface area contributed by atoms with Crippen LogP contribution < -0.4 is 5.32 Å². The van der Waals surface area contributed by atoms with Crippen LogP contribution >= 0.6 is 11.6 Å². The van der Waals surface area contributed by atoms with Gasteiger partial charge in [-0.1, -0.05) is 30.2 Å². The van der Waals surface area contributed by atoms with Crippen LogP contribution in [0.1, 0.15) is 43.9 Å². The Hall–Kier alpha value is -1.74. The lowest BCUT2D eigenvalue weighted by Gasteiger charge is -2.41. The summed E-state index contributed by atoms with van der Waals surface area (Å²) < 4.78 is 2.13. The molecule has 0 spiro atoms. The van der Waals surface area contributed by atoms with Crippen molar-refractivity contribution in [3.63, 3.8) is 0 Å². The van der Waals surface area contributed by atoms with E-state index in [1.165, 1.54) is 5.69 Å². The summed E-state index contributed by atoms with van der Waals surface area (Å²) in [5.41, 5.74) is 2.03. The summed E-state index contributed by atoms with van der Waals surface area (Å²) in [6.07, 6.45) is 6.92. The quantitative estimate of drug-likeness (QED) is 0.835. The number of nitrogens with zero attached hydrogens (tertiary/aromatic N) is 1. The van der Waals surface area contributed by atoms with E-state index < -0.39 is 0 Å². The van der Waals surface area contributed by atoms with Crippen molar-refractivity contribution in [3.05, 3.63) is 58.9 Å². The molecule has 128 valence electrons. The van der Waals surface area contributed by atoms with Gasteiger partial charge in [-0.3, -0.25) is 4.79 Å². The topological polar surface area (TPSA) is 34.0 Å². The molecule has 3 rings (SSSR count). The molecule has 1 N–H and O–H groups in total. The smallest absolute Gasteiger partial charge is 0.230 e. The molecule has 1 aromatic heterocycles. The van der Waals surface area contributed by atoms with Crippen LogP contribution in [0.15, 0.2) is 42.6 Å². The predicted octanol–water partition coefficient (Wildman–Crippen LogP) is 4.24. The first-order chi connectivity index (χ1) is 11.5. The van der Waals surface area contributed by atoms with E-state index in [0.717, 1.165) is 37.7 Å². The van der Waals surface area contributed by atoms with E-state index in [9.17, 15) is 4.79 Å². The van der Waals surface area contributed by atoms with E-state index in [1.54, 1.807) is 0 Å². The van der Waals surface area contributed by atoms with Crippen LogP contribution in [0.3, 0.4) is 0 Å². The molecule has 0 unspecified atom stereocenters. The summed E-state index contributed by atoms with van der Waals surface area (Å²) in [6.45, 7) is 2.09. The van der Waals surface area contributed by atoms with Crippen LogP contribution in [0.25, 0.3) is 0 Å². The maximum atomic E-state index is 12.9. The van der Waals surface area contributed by atoms with Crippen molar-refractivity contribution in [1.82, 2.24) is 9.88 Å². The Morgan fingerprint density at radius 3 is 2.54 bits per heavy atom. The molecule has 0 radical (unpaired) electrons. The van der Waals surface area contributed by atoms with Gasteiger partial charge < -0.3 is 9.88 Å². The van der Waals surface area contributed by atoms with Gasteiger partial charge in [-0.25, -0.2) is 0 Å². The van der Waals surface area contributed by atoms with Gasteiger partial charge in [0.25, 0.3) is 0 Å². The van der Waals surface area contributed by atoms with Crippen LogP contribution in [0.5, 0.6) is 0 Å². The van der Waals surface area contributed by atoms with Crippen molar-refractivity contribution >= 4 is 17.5 Å². The number of benzene rings is 1. The van der Waals surface area contributed by atoms with Gasteiger partial charge in [0.1, 0.15) is 0 Å². The molecule has 1 aliphatic rings. The molecule has 1 aliphatic carbocycles. The van der Waals surface area contributed by atoms with Crippen LogP contribution in [0.2, 0.25) is 5.02 Å². The van der Waals surface area contributed by atoms with E-state index in [0.29, 0.717) is 5.02 Å². The highest BCUT2D eigenvalue weighted by Gasteiger charge is 2.45. The van der Waals surface area contributed by atoms with Crippen LogP contribution in [0, 0.1) is 0 Å². The highest BCUT2D eigenvalue weighted by atomic mass is 35.5. The molecule has 1 saturated carbocycles. The number of hydrogen-bond acceptors (Lipinski definition) is 1. The summed E-state index contributed by atoms with van der Waals surface area (Å²) in [5.74, 6) is 0.162. The molecule has 24 heavy (non-hydrogen) atoms. The van der Waals surface area contributed by atoms with Crippen LogP contribution in [-0.4, -0.2) is 16.5 Å². The van der Waals surface area contributed by atoms with Gasteiger partial charge in [-0.2, -0.15) is 0 Å². The average molecular weight is 345 g/mol. The number of aryl methyl sites for hydroxylation is 2. The zero-order valence-corrected chi connectivity index (χ0v) is 15.1. The molecule has 3 nitrogen and oxygen atoms in total. The number of rotatable bonds is 6. The summed E-state index contributed by atoms with van der Waals surface area (Å²) in [5, 5.41) is 3.95. The monoisotopic (exact) mass is 344 g/mol. The van der Waals surface area contributed by atoms with E-state index in [4.69, 9.17) is 11.6 Å². The summed E-state index contributed by atoms with van der Waals surface area (Å²) >= 11 is 5.99. The molecule has 1 fully saturated rings. The van der Waals surface area contributed by atoms with Gasteiger partial charge in [0.2, 0.25) is 5.91 Å². The summed E-state index contributed by atoms with van der Waals surface area (Å²) in [6, 6.07) is 12.1. The zero-order chi connectivity index (χ0) is 17.2. The fourth-order valence-electron chi connectivity index (χ4n) is 3.50. The third-order valence-corrected chi connectivity index (χ3v) is 5.55. The fraction of sp³-hybridized carbons (Fsp3) is 0.450. The first-order valence-corrected chi connectivity index (χ1v) is 9.06. The standard InChI is InChI=1S/C20H25ClN2O/c1-15(6-11-18-5-3-14-23(18)2)22-19(24)20(12-4-13-20)16-7-9-17(21)10-8-16/h3,5,7-10,14-15H,4,6,11-13H2,1-2H3,(H,22,24)/t15-/m0/s1. The minimum absolute atomic E-state index is 0.162. The first-order valence-electron chi connectivity index (χ1n) is 8.68. The molecule has 1 aromatic carbocycles. The Balaban J connectivity index is 1.62. The largest absolute Gasteiger partial charge is 0.354 e. The highest BCUT2D eigenvalue weighted by Crippen LogP contribution is 2.44. The van der Waals surface area contributed by atoms with E-state index in [1.807, 2.05) is 24.3 Å². The van der Waals surface area contributed by atoms with Crippen molar-refractivity contribution < 1.29 is 4.79 Å². The number of aromatic nitrogens is 1. The minimum atomic E-state index is -0.357. The lowest BCUT2D eigenvalue weighted by atomic mass is 9.63. The highest BCUT2D eigenvalue weighted by molar-refractivity contribution is 6.30. The van der Waals surface area contributed by atoms with Crippen molar-refractivity contribution in [2.24, 2.45) is 7.05 Å². The lowest BCUT2D eigenvalue weighted by molar-refractivity contribution is -0.130. The predicted molar refractivity (Wildman–Crippen MR) is 98.3 cm³/mol. The molecular weight excluding hydrogens is 320 g/mol. The zero-order valence-electron chi connectivity index (χ0n) is 14.4. The molecule has 2 aromatic rings. The van der Waals surface area contributed by atoms with Gasteiger partial charge in [-0.15, -0.1) is 0 Å². The molecule has 0 bridgehead atoms. The molecule has 0 aliphatic heterocycles. The summed E-state index contributed by atoms with van der Waals surface area (Å²) in [7, 11) is 2.06. The number of carbonyl (C=O) groups is 1. The van der Waals surface area contributed by atoms with Gasteiger partial charge >= 0.3 is 0 Å². The molecule has 4 heteroatoms. The first kappa shape index (κ1) is 17.1. The Labute approximate surface area is 149 Å². The minimum Gasteiger partial charge on any atom is -0.354 e. The number of nitrogens with one attached hydrogen (secondary N) is 1. The molecule has 0 saturated heterocycles. The van der Waals surface area contributed by atoms with Crippen LogP contribution in [-0.2, 0) is 23.7 Å². The van der Waals surface area contributed by atoms with E-state index in [-0.39, 0.29) is 17.4 Å². The fourth-order valence-corrected chi connectivity index (χ4v) is 3.63. The van der Waals surface area contributed by atoms with Gasteiger partial charge in [0, 0.05) is 30.0 Å². The van der Waals surface area contributed by atoms with Crippen molar-refractivity contribution in [1.29, 1.82) is 0 Å². The second kappa shape index (κ2) is 7.02. The number of hydrogen-bond donors (Lipinski definition) is 1. The van der Waals surface area contributed by atoms with E-state index in [2.05, 4.69) is 42.2 Å². The Bertz CT molecular complexity index is 701. The molecular formula is C20H25ClN2O. The van der Waals surface area contributed by atoms with Gasteiger partial charge in [0.15, 0.2) is 0 Å².